The smallest absolute Gasteiger partial charge is 0.0290 e. The summed E-state index contributed by atoms with van der Waals surface area (Å²) in [6, 6.07) is 8.83. The second kappa shape index (κ2) is 7.43. The molecule has 0 aliphatic rings. The summed E-state index contributed by atoms with van der Waals surface area (Å²) in [6.07, 6.45) is 1.14. The predicted octanol–water partition coefficient (Wildman–Crippen LogP) is 1.26. The SMILES string of the molecule is CC(C)Cc1ccc(CNCC(N)CN)cc1. The van der Waals surface area contributed by atoms with Gasteiger partial charge in [-0.2, -0.15) is 0 Å². The van der Waals surface area contributed by atoms with Crippen LogP contribution in [0.2, 0.25) is 0 Å². The van der Waals surface area contributed by atoms with Crippen molar-refractivity contribution >= 4 is 0 Å². The highest BCUT2D eigenvalue weighted by atomic mass is 14.9. The van der Waals surface area contributed by atoms with Gasteiger partial charge < -0.3 is 16.8 Å². The lowest BCUT2D eigenvalue weighted by molar-refractivity contribution is 0.582. The average molecular weight is 235 g/mol. The van der Waals surface area contributed by atoms with Gasteiger partial charge in [0.25, 0.3) is 0 Å². The van der Waals surface area contributed by atoms with Gasteiger partial charge in [0.1, 0.15) is 0 Å². The quantitative estimate of drug-likeness (QED) is 0.666. The van der Waals surface area contributed by atoms with Crippen molar-refractivity contribution in [1.82, 2.24) is 5.32 Å². The van der Waals surface area contributed by atoms with E-state index in [1.807, 2.05) is 0 Å². The first kappa shape index (κ1) is 14.2. The van der Waals surface area contributed by atoms with Crippen molar-refractivity contribution in [3.8, 4) is 0 Å². The molecule has 96 valence electrons. The molecule has 0 saturated carbocycles. The Morgan fingerprint density at radius 1 is 1.12 bits per heavy atom. The van der Waals surface area contributed by atoms with E-state index in [9.17, 15) is 0 Å². The van der Waals surface area contributed by atoms with E-state index in [0.29, 0.717) is 12.5 Å². The third-order valence-electron chi connectivity index (χ3n) is 2.71. The van der Waals surface area contributed by atoms with E-state index < -0.39 is 0 Å². The third kappa shape index (κ3) is 5.82. The van der Waals surface area contributed by atoms with E-state index in [1.165, 1.54) is 11.1 Å². The summed E-state index contributed by atoms with van der Waals surface area (Å²) in [4.78, 5) is 0. The van der Waals surface area contributed by atoms with Gasteiger partial charge in [0.05, 0.1) is 0 Å². The number of hydrogen-bond donors (Lipinski definition) is 3. The van der Waals surface area contributed by atoms with Crippen LogP contribution in [0.4, 0.5) is 0 Å². The molecule has 0 heterocycles. The van der Waals surface area contributed by atoms with Gasteiger partial charge in [-0.15, -0.1) is 0 Å². The zero-order chi connectivity index (χ0) is 12.7. The second-order valence-corrected chi connectivity index (χ2v) is 5.04. The minimum atomic E-state index is 0.0511. The van der Waals surface area contributed by atoms with E-state index in [1.54, 1.807) is 0 Å². The molecule has 1 aromatic rings. The summed E-state index contributed by atoms with van der Waals surface area (Å²) in [7, 11) is 0. The lowest BCUT2D eigenvalue weighted by Gasteiger charge is -2.11. The number of rotatable bonds is 7. The molecular weight excluding hydrogens is 210 g/mol. The van der Waals surface area contributed by atoms with Crippen molar-refractivity contribution in [3.63, 3.8) is 0 Å². The van der Waals surface area contributed by atoms with Crippen LogP contribution in [0.15, 0.2) is 24.3 Å². The fourth-order valence-electron chi connectivity index (χ4n) is 1.75. The normalized spacial score (nSPS) is 13.0. The summed E-state index contributed by atoms with van der Waals surface area (Å²) < 4.78 is 0. The molecule has 17 heavy (non-hydrogen) atoms. The van der Waals surface area contributed by atoms with Gasteiger partial charge in [0.2, 0.25) is 0 Å². The summed E-state index contributed by atoms with van der Waals surface area (Å²) in [5, 5.41) is 3.31. The molecule has 3 heteroatoms. The molecule has 0 aromatic heterocycles. The van der Waals surface area contributed by atoms with Gasteiger partial charge in [-0.3, -0.25) is 0 Å². The molecule has 0 bridgehead atoms. The predicted molar refractivity (Wildman–Crippen MR) is 73.7 cm³/mol. The minimum Gasteiger partial charge on any atom is -0.329 e. The summed E-state index contributed by atoms with van der Waals surface area (Å²) in [5.74, 6) is 0.710. The number of benzene rings is 1. The zero-order valence-electron chi connectivity index (χ0n) is 10.9. The number of nitrogens with two attached hydrogens (primary N) is 2. The van der Waals surface area contributed by atoms with Crippen molar-refractivity contribution in [2.24, 2.45) is 17.4 Å². The van der Waals surface area contributed by atoms with Crippen LogP contribution in [0.3, 0.4) is 0 Å². The van der Waals surface area contributed by atoms with E-state index in [2.05, 4.69) is 43.4 Å². The van der Waals surface area contributed by atoms with E-state index >= 15 is 0 Å². The van der Waals surface area contributed by atoms with Crippen LogP contribution in [0.1, 0.15) is 25.0 Å². The summed E-state index contributed by atoms with van der Waals surface area (Å²) in [5.41, 5.74) is 13.9. The highest BCUT2D eigenvalue weighted by molar-refractivity contribution is 5.22. The van der Waals surface area contributed by atoms with Crippen LogP contribution in [0.25, 0.3) is 0 Å². The summed E-state index contributed by atoms with van der Waals surface area (Å²) in [6.45, 7) is 6.63. The van der Waals surface area contributed by atoms with Crippen LogP contribution in [-0.4, -0.2) is 19.1 Å². The summed E-state index contributed by atoms with van der Waals surface area (Å²) >= 11 is 0. The third-order valence-corrected chi connectivity index (χ3v) is 2.71. The molecule has 0 radical (unpaired) electrons. The van der Waals surface area contributed by atoms with Crippen molar-refractivity contribution in [1.29, 1.82) is 0 Å². The fraction of sp³-hybridized carbons (Fsp3) is 0.571. The first-order chi connectivity index (χ1) is 8.11. The molecule has 0 aliphatic carbocycles. The second-order valence-electron chi connectivity index (χ2n) is 5.04. The van der Waals surface area contributed by atoms with E-state index in [-0.39, 0.29) is 6.04 Å². The Balaban J connectivity index is 2.35. The Labute approximate surface area is 105 Å². The minimum absolute atomic E-state index is 0.0511. The number of nitrogens with one attached hydrogen (secondary N) is 1. The molecule has 0 saturated heterocycles. The average Bonchev–Trinajstić information content (AvgIpc) is 2.30. The van der Waals surface area contributed by atoms with Gasteiger partial charge in [-0.1, -0.05) is 38.1 Å². The standard InChI is InChI=1S/C14H25N3/c1-11(2)7-12-3-5-13(6-4-12)9-17-10-14(16)8-15/h3-6,11,14,17H,7-10,15-16H2,1-2H3. The fourth-order valence-corrected chi connectivity index (χ4v) is 1.75. The van der Waals surface area contributed by atoms with Crippen LogP contribution in [0.5, 0.6) is 0 Å². The van der Waals surface area contributed by atoms with E-state index in [4.69, 9.17) is 11.5 Å². The Kier molecular flexibility index (Phi) is 6.19. The maximum absolute atomic E-state index is 5.73. The maximum Gasteiger partial charge on any atom is 0.0290 e. The van der Waals surface area contributed by atoms with Crippen molar-refractivity contribution < 1.29 is 0 Å². The highest BCUT2D eigenvalue weighted by Crippen LogP contribution is 2.09. The lowest BCUT2D eigenvalue weighted by Crippen LogP contribution is -2.39. The Morgan fingerprint density at radius 2 is 1.71 bits per heavy atom. The molecule has 1 atom stereocenters. The Bertz CT molecular complexity index is 306. The van der Waals surface area contributed by atoms with Gasteiger partial charge in [0.15, 0.2) is 0 Å². The zero-order valence-corrected chi connectivity index (χ0v) is 10.9. The largest absolute Gasteiger partial charge is 0.329 e. The number of hydrogen-bond acceptors (Lipinski definition) is 3. The monoisotopic (exact) mass is 235 g/mol. The molecule has 1 rings (SSSR count). The highest BCUT2D eigenvalue weighted by Gasteiger charge is 2.00. The Morgan fingerprint density at radius 3 is 2.24 bits per heavy atom. The molecule has 1 unspecified atom stereocenters. The molecule has 5 N–H and O–H groups in total. The van der Waals surface area contributed by atoms with Crippen molar-refractivity contribution in [3.05, 3.63) is 35.4 Å². The van der Waals surface area contributed by atoms with E-state index in [0.717, 1.165) is 19.5 Å². The Hall–Kier alpha value is -0.900. The van der Waals surface area contributed by atoms with Gasteiger partial charge in [-0.05, 0) is 23.5 Å². The first-order valence-corrected chi connectivity index (χ1v) is 6.36. The maximum atomic E-state index is 5.73. The van der Waals surface area contributed by atoms with Crippen LogP contribution < -0.4 is 16.8 Å². The van der Waals surface area contributed by atoms with Crippen molar-refractivity contribution in [2.75, 3.05) is 13.1 Å². The van der Waals surface area contributed by atoms with Crippen LogP contribution in [0, 0.1) is 5.92 Å². The molecule has 0 fully saturated rings. The van der Waals surface area contributed by atoms with Gasteiger partial charge >= 0.3 is 0 Å². The molecule has 1 aromatic carbocycles. The van der Waals surface area contributed by atoms with Gasteiger partial charge in [0, 0.05) is 25.7 Å². The molecule has 0 spiro atoms. The molecule has 0 amide bonds. The van der Waals surface area contributed by atoms with Crippen LogP contribution in [-0.2, 0) is 13.0 Å². The molecule has 0 aliphatic heterocycles. The van der Waals surface area contributed by atoms with Crippen molar-refractivity contribution in [2.45, 2.75) is 32.9 Å². The first-order valence-electron chi connectivity index (χ1n) is 6.36. The molecule has 3 nitrogen and oxygen atoms in total. The lowest BCUT2D eigenvalue weighted by atomic mass is 10.0. The van der Waals surface area contributed by atoms with Gasteiger partial charge in [-0.25, -0.2) is 0 Å². The molecular formula is C14H25N3. The topological polar surface area (TPSA) is 64.1 Å². The van der Waals surface area contributed by atoms with Crippen LogP contribution >= 0.6 is 0 Å².